The number of esters is 1. The summed E-state index contributed by atoms with van der Waals surface area (Å²) in [6.45, 7) is 3.57. The second kappa shape index (κ2) is 7.64. The van der Waals surface area contributed by atoms with E-state index in [-0.39, 0.29) is 19.1 Å². The highest BCUT2D eigenvalue weighted by atomic mass is 16.6. The lowest BCUT2D eigenvalue weighted by Gasteiger charge is -2.09. The smallest absolute Gasteiger partial charge is 0.326 e. The molecule has 1 heterocycles. The number of carbonyl (C=O) groups excluding carboxylic acids is 1. The van der Waals surface area contributed by atoms with Gasteiger partial charge in [0.05, 0.1) is 17.6 Å². The minimum Gasteiger partial charge on any atom is -0.462 e. The number of para-hydroxylation sites is 2. The molecule has 6 nitrogen and oxygen atoms in total. The first kappa shape index (κ1) is 15.3. The molecule has 0 saturated carbocycles. The van der Waals surface area contributed by atoms with Crippen LogP contribution < -0.4 is 5.32 Å². The Labute approximate surface area is 124 Å². The SMILES string of the molecule is CCCOCCOC(=O)Cn1c(NC)nc2ccccc21. The second-order valence-corrected chi connectivity index (χ2v) is 4.59. The Morgan fingerprint density at radius 1 is 1.29 bits per heavy atom. The average molecular weight is 291 g/mol. The van der Waals surface area contributed by atoms with Gasteiger partial charge in [0.1, 0.15) is 13.2 Å². The Kier molecular flexibility index (Phi) is 5.57. The molecule has 0 atom stereocenters. The highest BCUT2D eigenvalue weighted by molar-refractivity contribution is 5.81. The summed E-state index contributed by atoms with van der Waals surface area (Å²) in [7, 11) is 1.78. The number of anilines is 1. The summed E-state index contributed by atoms with van der Waals surface area (Å²) < 4.78 is 12.3. The van der Waals surface area contributed by atoms with Crippen molar-refractivity contribution < 1.29 is 14.3 Å². The van der Waals surface area contributed by atoms with Crippen LogP contribution in [-0.2, 0) is 20.8 Å². The minimum atomic E-state index is -0.297. The summed E-state index contributed by atoms with van der Waals surface area (Å²) in [5.74, 6) is 0.352. The number of hydrogen-bond donors (Lipinski definition) is 1. The fourth-order valence-corrected chi connectivity index (χ4v) is 2.06. The maximum atomic E-state index is 11.9. The molecule has 0 unspecified atom stereocenters. The van der Waals surface area contributed by atoms with Crippen LogP contribution >= 0.6 is 0 Å². The molecular formula is C15H21N3O3. The Morgan fingerprint density at radius 2 is 2.10 bits per heavy atom. The van der Waals surface area contributed by atoms with Crippen molar-refractivity contribution in [3.8, 4) is 0 Å². The molecule has 0 spiro atoms. The molecule has 2 aromatic rings. The Hall–Kier alpha value is -2.08. The van der Waals surface area contributed by atoms with Gasteiger partial charge in [0, 0.05) is 13.7 Å². The first-order valence-corrected chi connectivity index (χ1v) is 7.12. The van der Waals surface area contributed by atoms with E-state index in [1.807, 2.05) is 35.8 Å². The lowest BCUT2D eigenvalue weighted by Crippen LogP contribution is -2.17. The van der Waals surface area contributed by atoms with Crippen molar-refractivity contribution in [3.05, 3.63) is 24.3 Å². The van der Waals surface area contributed by atoms with Crippen LogP contribution in [0.2, 0.25) is 0 Å². The highest BCUT2D eigenvalue weighted by Crippen LogP contribution is 2.19. The third-order valence-electron chi connectivity index (χ3n) is 3.00. The molecule has 0 aliphatic carbocycles. The minimum absolute atomic E-state index is 0.129. The van der Waals surface area contributed by atoms with Crippen LogP contribution in [0.15, 0.2) is 24.3 Å². The largest absolute Gasteiger partial charge is 0.462 e. The molecule has 114 valence electrons. The van der Waals surface area contributed by atoms with Gasteiger partial charge >= 0.3 is 5.97 Å². The van der Waals surface area contributed by atoms with Crippen molar-refractivity contribution in [1.82, 2.24) is 9.55 Å². The molecule has 0 fully saturated rings. The van der Waals surface area contributed by atoms with Crippen molar-refractivity contribution >= 4 is 23.0 Å². The van der Waals surface area contributed by atoms with Gasteiger partial charge in [0.15, 0.2) is 0 Å². The van der Waals surface area contributed by atoms with Crippen LogP contribution in [0.5, 0.6) is 0 Å². The zero-order valence-electron chi connectivity index (χ0n) is 12.5. The van der Waals surface area contributed by atoms with Crippen molar-refractivity contribution in [2.24, 2.45) is 0 Å². The number of carbonyl (C=O) groups is 1. The third kappa shape index (κ3) is 3.95. The number of rotatable bonds is 8. The van der Waals surface area contributed by atoms with E-state index in [0.717, 1.165) is 17.5 Å². The second-order valence-electron chi connectivity index (χ2n) is 4.59. The van der Waals surface area contributed by atoms with Gasteiger partial charge in [0.2, 0.25) is 5.95 Å². The first-order chi connectivity index (χ1) is 10.3. The quantitative estimate of drug-likeness (QED) is 0.595. The summed E-state index contributed by atoms with van der Waals surface area (Å²) in [4.78, 5) is 16.3. The maximum Gasteiger partial charge on any atom is 0.326 e. The summed E-state index contributed by atoms with van der Waals surface area (Å²) in [6.07, 6.45) is 0.959. The summed E-state index contributed by atoms with van der Waals surface area (Å²) in [6, 6.07) is 7.68. The number of ether oxygens (including phenoxy) is 2. The van der Waals surface area contributed by atoms with Crippen LogP contribution in [0.4, 0.5) is 5.95 Å². The zero-order chi connectivity index (χ0) is 15.1. The van der Waals surface area contributed by atoms with Gasteiger partial charge in [-0.05, 0) is 18.6 Å². The monoisotopic (exact) mass is 291 g/mol. The molecule has 1 aromatic carbocycles. The Morgan fingerprint density at radius 3 is 2.86 bits per heavy atom. The van der Waals surface area contributed by atoms with Gasteiger partial charge in [-0.15, -0.1) is 0 Å². The number of benzene rings is 1. The van der Waals surface area contributed by atoms with Gasteiger partial charge < -0.3 is 14.8 Å². The van der Waals surface area contributed by atoms with Crippen LogP contribution in [0.3, 0.4) is 0 Å². The van der Waals surface area contributed by atoms with E-state index >= 15 is 0 Å². The fraction of sp³-hybridized carbons (Fsp3) is 0.467. The molecule has 21 heavy (non-hydrogen) atoms. The number of fused-ring (bicyclic) bond motifs is 1. The normalized spacial score (nSPS) is 10.8. The molecule has 0 bridgehead atoms. The highest BCUT2D eigenvalue weighted by Gasteiger charge is 2.13. The van der Waals surface area contributed by atoms with Gasteiger partial charge in [-0.25, -0.2) is 4.98 Å². The number of nitrogens with one attached hydrogen (secondary N) is 1. The third-order valence-corrected chi connectivity index (χ3v) is 3.00. The topological polar surface area (TPSA) is 65.4 Å². The molecule has 0 amide bonds. The Bertz CT molecular complexity index is 595. The average Bonchev–Trinajstić information content (AvgIpc) is 2.85. The summed E-state index contributed by atoms with van der Waals surface area (Å²) >= 11 is 0. The molecule has 0 saturated heterocycles. The summed E-state index contributed by atoms with van der Waals surface area (Å²) in [5.41, 5.74) is 1.75. The number of hydrogen-bond acceptors (Lipinski definition) is 5. The number of aromatic nitrogens is 2. The molecule has 1 aromatic heterocycles. The fourth-order valence-electron chi connectivity index (χ4n) is 2.06. The molecule has 0 aliphatic rings. The molecule has 1 N–H and O–H groups in total. The summed E-state index contributed by atoms with van der Waals surface area (Å²) in [5, 5.41) is 2.99. The van der Waals surface area contributed by atoms with E-state index in [2.05, 4.69) is 10.3 Å². The van der Waals surface area contributed by atoms with Crippen LogP contribution in [0.1, 0.15) is 13.3 Å². The van der Waals surface area contributed by atoms with E-state index < -0.39 is 0 Å². The van der Waals surface area contributed by atoms with E-state index in [1.165, 1.54) is 0 Å². The first-order valence-electron chi connectivity index (χ1n) is 7.12. The van der Waals surface area contributed by atoms with Crippen molar-refractivity contribution in [2.45, 2.75) is 19.9 Å². The van der Waals surface area contributed by atoms with Crippen molar-refractivity contribution in [2.75, 3.05) is 32.2 Å². The van der Waals surface area contributed by atoms with Gasteiger partial charge in [0.25, 0.3) is 0 Å². The van der Waals surface area contributed by atoms with Gasteiger partial charge in [-0.1, -0.05) is 19.1 Å². The standard InChI is InChI=1S/C15H21N3O3/c1-3-8-20-9-10-21-14(19)11-18-13-7-5-4-6-12(13)17-15(18)16-2/h4-7H,3,8-11H2,1-2H3,(H,16,17). The molecule has 6 heteroatoms. The van der Waals surface area contributed by atoms with Crippen molar-refractivity contribution in [1.29, 1.82) is 0 Å². The molecule has 2 rings (SSSR count). The predicted molar refractivity (Wildman–Crippen MR) is 81.3 cm³/mol. The van der Waals surface area contributed by atoms with Crippen LogP contribution in [0, 0.1) is 0 Å². The predicted octanol–water partition coefficient (Wildman–Crippen LogP) is 2.05. The molecule has 0 aliphatic heterocycles. The van der Waals surface area contributed by atoms with E-state index in [4.69, 9.17) is 9.47 Å². The van der Waals surface area contributed by atoms with E-state index in [1.54, 1.807) is 7.05 Å². The molecule has 0 radical (unpaired) electrons. The number of imidazole rings is 1. The number of nitrogens with zero attached hydrogens (tertiary/aromatic N) is 2. The lowest BCUT2D eigenvalue weighted by atomic mass is 10.3. The zero-order valence-corrected chi connectivity index (χ0v) is 12.5. The maximum absolute atomic E-state index is 11.9. The van der Waals surface area contributed by atoms with Crippen molar-refractivity contribution in [3.63, 3.8) is 0 Å². The van der Waals surface area contributed by atoms with E-state index in [0.29, 0.717) is 19.2 Å². The van der Waals surface area contributed by atoms with Crippen LogP contribution in [0.25, 0.3) is 11.0 Å². The molecular weight excluding hydrogens is 270 g/mol. The van der Waals surface area contributed by atoms with E-state index in [9.17, 15) is 4.79 Å². The van der Waals surface area contributed by atoms with Gasteiger partial charge in [-0.3, -0.25) is 9.36 Å². The van der Waals surface area contributed by atoms with Crippen LogP contribution in [-0.4, -0.2) is 42.4 Å². The Balaban J connectivity index is 1.97. The van der Waals surface area contributed by atoms with Gasteiger partial charge in [-0.2, -0.15) is 0 Å². The lowest BCUT2D eigenvalue weighted by molar-refractivity contribution is -0.145.